The molecule has 0 saturated heterocycles. The van der Waals surface area contributed by atoms with Crippen molar-refractivity contribution in [2.45, 2.75) is 19.3 Å². The van der Waals surface area contributed by atoms with Crippen molar-refractivity contribution in [3.63, 3.8) is 0 Å². The molecule has 1 aromatic carbocycles. The van der Waals surface area contributed by atoms with Gasteiger partial charge >= 0.3 is 12.4 Å². The molecule has 0 aromatic heterocycles. The van der Waals surface area contributed by atoms with Gasteiger partial charge in [0.15, 0.2) is 5.78 Å². The van der Waals surface area contributed by atoms with Gasteiger partial charge in [0.05, 0.1) is 0 Å². The summed E-state index contributed by atoms with van der Waals surface area (Å²) in [4.78, 5) is 11.4. The third-order valence-electron chi connectivity index (χ3n) is 2.33. The molecule has 0 saturated carbocycles. The minimum Gasteiger partial charge on any atom is -0.293 e. The Morgan fingerprint density at radius 3 is 1.83 bits per heavy atom. The van der Waals surface area contributed by atoms with Crippen molar-refractivity contribution in [1.82, 2.24) is 0 Å². The third kappa shape index (κ3) is 3.02. The molecule has 0 heterocycles. The Morgan fingerprint density at radius 2 is 1.44 bits per heavy atom. The highest BCUT2D eigenvalue weighted by Crippen LogP contribution is 2.41. The lowest BCUT2D eigenvalue weighted by atomic mass is 9.93. The minimum absolute atomic E-state index is 0.0704. The molecule has 0 radical (unpaired) electrons. The molecule has 100 valence electrons. The zero-order valence-corrected chi connectivity index (χ0v) is 9.06. The Hall–Kier alpha value is -1.53. The van der Waals surface area contributed by atoms with Gasteiger partial charge in [-0.3, -0.25) is 4.79 Å². The van der Waals surface area contributed by atoms with E-state index in [1.54, 1.807) is 0 Å². The van der Waals surface area contributed by atoms with Crippen molar-refractivity contribution in [2.75, 3.05) is 0 Å². The van der Waals surface area contributed by atoms with E-state index in [1.165, 1.54) is 25.1 Å². The van der Waals surface area contributed by atoms with E-state index < -0.39 is 29.6 Å². The molecule has 0 unspecified atom stereocenters. The Labute approximate surface area is 98.4 Å². The molecule has 0 bridgehead atoms. The summed E-state index contributed by atoms with van der Waals surface area (Å²) in [5.74, 6) is -5.96. The number of carbonyl (C=O) groups is 1. The molecule has 0 aliphatic rings. The number of aryl methyl sites for hydroxylation is 1. The van der Waals surface area contributed by atoms with E-state index in [0.717, 1.165) is 6.07 Å². The van der Waals surface area contributed by atoms with Crippen LogP contribution in [0, 0.1) is 12.8 Å². The fourth-order valence-corrected chi connectivity index (χ4v) is 1.49. The molecule has 18 heavy (non-hydrogen) atoms. The molecule has 0 aliphatic heterocycles. The third-order valence-corrected chi connectivity index (χ3v) is 2.33. The monoisotopic (exact) mass is 270 g/mol. The van der Waals surface area contributed by atoms with Crippen LogP contribution in [-0.2, 0) is 0 Å². The van der Waals surface area contributed by atoms with Gasteiger partial charge in [-0.05, 0) is 12.5 Å². The normalized spacial score (nSPS) is 12.9. The van der Waals surface area contributed by atoms with Gasteiger partial charge in [-0.2, -0.15) is 26.3 Å². The van der Waals surface area contributed by atoms with E-state index in [1.807, 2.05) is 0 Å². The van der Waals surface area contributed by atoms with Gasteiger partial charge < -0.3 is 0 Å². The summed E-state index contributed by atoms with van der Waals surface area (Å²) < 4.78 is 74.1. The van der Waals surface area contributed by atoms with E-state index in [0.29, 0.717) is 0 Å². The van der Waals surface area contributed by atoms with Gasteiger partial charge in [0, 0.05) is 5.56 Å². The summed E-state index contributed by atoms with van der Waals surface area (Å²) in [6.45, 7) is 1.27. The summed E-state index contributed by atoms with van der Waals surface area (Å²) in [6, 6.07) is 4.85. The maximum Gasteiger partial charge on any atom is 0.407 e. The van der Waals surface area contributed by atoms with Gasteiger partial charge in [-0.1, -0.05) is 24.3 Å². The van der Waals surface area contributed by atoms with Crippen LogP contribution >= 0.6 is 0 Å². The van der Waals surface area contributed by atoms with Gasteiger partial charge in [0.2, 0.25) is 5.92 Å². The van der Waals surface area contributed by atoms with E-state index in [9.17, 15) is 31.1 Å². The van der Waals surface area contributed by atoms with Gasteiger partial charge in [0.25, 0.3) is 0 Å². The van der Waals surface area contributed by atoms with E-state index in [2.05, 4.69) is 0 Å². The molecule has 1 rings (SSSR count). The molecule has 0 atom stereocenters. The van der Waals surface area contributed by atoms with Crippen LogP contribution in [0.25, 0.3) is 0 Å². The van der Waals surface area contributed by atoms with Crippen LogP contribution in [0.1, 0.15) is 15.9 Å². The number of hydrogen-bond donors (Lipinski definition) is 0. The number of rotatable bonds is 2. The van der Waals surface area contributed by atoms with Crippen molar-refractivity contribution < 1.29 is 31.1 Å². The molecule has 0 N–H and O–H groups in total. The number of alkyl halides is 6. The summed E-state index contributed by atoms with van der Waals surface area (Å²) in [6.07, 6.45) is -11.3. The largest absolute Gasteiger partial charge is 0.407 e. The van der Waals surface area contributed by atoms with E-state index >= 15 is 0 Å². The van der Waals surface area contributed by atoms with Crippen molar-refractivity contribution in [3.05, 3.63) is 35.4 Å². The van der Waals surface area contributed by atoms with Crippen LogP contribution in [0.5, 0.6) is 0 Å². The lowest BCUT2D eigenvalue weighted by Gasteiger charge is -2.22. The first kappa shape index (κ1) is 14.5. The molecule has 0 amide bonds. The highest BCUT2D eigenvalue weighted by molar-refractivity contribution is 6.00. The van der Waals surface area contributed by atoms with Crippen LogP contribution in [0.4, 0.5) is 26.3 Å². The number of carbonyl (C=O) groups excluding carboxylic acids is 1. The second-order valence-electron chi connectivity index (χ2n) is 3.70. The van der Waals surface area contributed by atoms with Crippen molar-refractivity contribution >= 4 is 5.78 Å². The first-order valence-electron chi connectivity index (χ1n) is 4.78. The van der Waals surface area contributed by atoms with E-state index in [-0.39, 0.29) is 5.56 Å². The summed E-state index contributed by atoms with van der Waals surface area (Å²) in [7, 11) is 0. The molecule has 0 aliphatic carbocycles. The molecule has 0 spiro atoms. The first-order chi connectivity index (χ1) is 8.05. The van der Waals surface area contributed by atoms with Crippen LogP contribution in [0.15, 0.2) is 24.3 Å². The van der Waals surface area contributed by atoms with Crippen LogP contribution in [0.2, 0.25) is 0 Å². The number of ketones is 1. The van der Waals surface area contributed by atoms with Gasteiger partial charge in [-0.15, -0.1) is 0 Å². The lowest BCUT2D eigenvalue weighted by molar-refractivity contribution is -0.264. The van der Waals surface area contributed by atoms with Crippen molar-refractivity contribution in [3.8, 4) is 0 Å². The Morgan fingerprint density at radius 1 is 1.00 bits per heavy atom. The average Bonchev–Trinajstić information content (AvgIpc) is 2.13. The van der Waals surface area contributed by atoms with Crippen molar-refractivity contribution in [1.29, 1.82) is 0 Å². The summed E-state index contributed by atoms with van der Waals surface area (Å²) in [5, 5.41) is 0. The summed E-state index contributed by atoms with van der Waals surface area (Å²) in [5.41, 5.74) is -0.502. The molecular formula is C11H8F6O. The van der Waals surface area contributed by atoms with Crippen molar-refractivity contribution in [2.24, 2.45) is 5.92 Å². The second-order valence-corrected chi connectivity index (χ2v) is 3.70. The Balaban J connectivity index is 3.25. The maximum atomic E-state index is 12.3. The Bertz CT molecular complexity index is 432. The Kier molecular flexibility index (Phi) is 3.73. The predicted octanol–water partition coefficient (Wildman–Crippen LogP) is 3.92. The first-order valence-corrected chi connectivity index (χ1v) is 4.78. The predicted molar refractivity (Wildman–Crippen MR) is 51.1 cm³/mol. The number of hydrogen-bond acceptors (Lipinski definition) is 1. The molecular weight excluding hydrogens is 262 g/mol. The van der Waals surface area contributed by atoms with Crippen LogP contribution in [-0.4, -0.2) is 18.1 Å². The number of halogens is 6. The summed E-state index contributed by atoms with van der Waals surface area (Å²) >= 11 is 0. The molecule has 7 heteroatoms. The quantitative estimate of drug-likeness (QED) is 0.588. The van der Waals surface area contributed by atoms with Crippen LogP contribution in [0.3, 0.4) is 0 Å². The van der Waals surface area contributed by atoms with Gasteiger partial charge in [0.1, 0.15) is 0 Å². The zero-order valence-electron chi connectivity index (χ0n) is 9.06. The average molecular weight is 270 g/mol. The molecule has 1 nitrogen and oxygen atoms in total. The minimum atomic E-state index is -5.66. The fraction of sp³-hybridized carbons (Fsp3) is 0.364. The lowest BCUT2D eigenvalue weighted by Crippen LogP contribution is -2.42. The zero-order chi connectivity index (χ0) is 14.1. The standard InChI is InChI=1S/C11H8F6O/c1-6-4-2-3-5-7(6)8(18)9(10(12,13)14)11(15,16)17/h2-5,9H,1H3. The molecule has 1 aromatic rings. The number of benzene rings is 1. The van der Waals surface area contributed by atoms with Gasteiger partial charge in [-0.25, -0.2) is 0 Å². The number of Topliss-reactive ketones (excluding diaryl/α,β-unsaturated/α-hetero) is 1. The SMILES string of the molecule is Cc1ccccc1C(=O)C(C(F)(F)F)C(F)(F)F. The fourth-order valence-electron chi connectivity index (χ4n) is 1.49. The van der Waals surface area contributed by atoms with Crippen LogP contribution < -0.4 is 0 Å². The highest BCUT2D eigenvalue weighted by Gasteiger charge is 2.60. The second kappa shape index (κ2) is 4.62. The maximum absolute atomic E-state index is 12.3. The van der Waals surface area contributed by atoms with E-state index in [4.69, 9.17) is 0 Å². The topological polar surface area (TPSA) is 17.1 Å². The molecule has 0 fully saturated rings. The highest BCUT2D eigenvalue weighted by atomic mass is 19.4. The smallest absolute Gasteiger partial charge is 0.293 e.